The zero-order valence-corrected chi connectivity index (χ0v) is 20.2. The van der Waals surface area contributed by atoms with Crippen molar-refractivity contribution < 1.29 is 14.0 Å². The highest BCUT2D eigenvalue weighted by molar-refractivity contribution is 6.77. The summed E-state index contributed by atoms with van der Waals surface area (Å²) < 4.78 is 11.9. The molecule has 0 radical (unpaired) electrons. The molecule has 160 valence electrons. The molecule has 4 heteroatoms. The van der Waals surface area contributed by atoms with Gasteiger partial charge in [-0.25, -0.2) is 4.79 Å². The third-order valence-corrected chi connectivity index (χ3v) is 11.5. The molecule has 29 heavy (non-hydrogen) atoms. The predicted molar refractivity (Wildman–Crippen MR) is 124 cm³/mol. The van der Waals surface area contributed by atoms with Crippen molar-refractivity contribution in [3.8, 4) is 11.8 Å². The van der Waals surface area contributed by atoms with Crippen LogP contribution >= 0.6 is 0 Å². The first-order chi connectivity index (χ1) is 13.7. The van der Waals surface area contributed by atoms with Crippen LogP contribution in [0.5, 0.6) is 0 Å². The summed E-state index contributed by atoms with van der Waals surface area (Å²) in [5.41, 5.74) is 2.46. The average Bonchev–Trinajstić information content (AvgIpc) is 2.66. The lowest BCUT2D eigenvalue weighted by atomic mass is 10.1. The first-order valence-corrected chi connectivity index (χ1v) is 12.9. The van der Waals surface area contributed by atoms with Crippen LogP contribution in [0.1, 0.15) is 66.9 Å². The van der Waals surface area contributed by atoms with E-state index in [1.54, 1.807) is 0 Å². The fourth-order valence-corrected chi connectivity index (χ4v) is 9.68. The van der Waals surface area contributed by atoms with E-state index in [2.05, 4.69) is 53.4 Å². The Morgan fingerprint density at radius 3 is 2.14 bits per heavy atom. The van der Waals surface area contributed by atoms with Gasteiger partial charge in [-0.1, -0.05) is 71.6 Å². The fourth-order valence-electron chi connectivity index (χ4n) is 4.14. The molecular weight excluding hydrogens is 376 g/mol. The summed E-state index contributed by atoms with van der Waals surface area (Å²) in [5.74, 6) is 6.14. The minimum Gasteiger partial charge on any atom is -0.463 e. The summed E-state index contributed by atoms with van der Waals surface area (Å²) in [6.07, 6.45) is 4.72. The highest BCUT2D eigenvalue weighted by atomic mass is 28.4. The normalized spacial score (nSPS) is 13.0. The summed E-state index contributed by atoms with van der Waals surface area (Å²) in [6, 6.07) is 9.99. The number of esters is 1. The second kappa shape index (κ2) is 12.7. The van der Waals surface area contributed by atoms with Gasteiger partial charge in [-0.3, -0.25) is 0 Å². The molecule has 1 aromatic carbocycles. The SMILES string of the molecule is CCOC(=O)/C=C/C(CCC#Cc1ccccc1)O[Si](C(C)C)(C(C)C)C(C)C. The van der Waals surface area contributed by atoms with Gasteiger partial charge in [-0.05, 0) is 48.2 Å². The molecule has 0 amide bonds. The van der Waals surface area contributed by atoms with E-state index in [0.717, 1.165) is 12.0 Å². The lowest BCUT2D eigenvalue weighted by Gasteiger charge is -2.44. The summed E-state index contributed by atoms with van der Waals surface area (Å²) >= 11 is 0. The van der Waals surface area contributed by atoms with Gasteiger partial charge in [0.2, 0.25) is 8.32 Å². The molecule has 0 bridgehead atoms. The Labute approximate surface area is 179 Å². The van der Waals surface area contributed by atoms with Gasteiger partial charge in [0.15, 0.2) is 0 Å². The zero-order valence-electron chi connectivity index (χ0n) is 19.2. The van der Waals surface area contributed by atoms with Crippen molar-refractivity contribution in [2.24, 2.45) is 0 Å². The van der Waals surface area contributed by atoms with Crippen molar-refractivity contribution in [2.75, 3.05) is 6.61 Å². The molecule has 3 nitrogen and oxygen atoms in total. The standard InChI is InChI=1S/C25H38O3Si/c1-8-27-25(26)19-18-24(17-13-12-16-23-14-10-9-11-15-23)28-29(20(2)3,21(4)5)22(6)7/h9-11,14-15,18-22,24H,8,13,17H2,1-7H3/b19-18+. The van der Waals surface area contributed by atoms with E-state index in [0.29, 0.717) is 29.7 Å². The molecule has 1 atom stereocenters. The molecule has 0 saturated carbocycles. The number of carbonyl (C=O) groups excluding carboxylic acids is 1. The first-order valence-electron chi connectivity index (χ1n) is 10.8. The van der Waals surface area contributed by atoms with Gasteiger partial charge in [0.25, 0.3) is 0 Å². The monoisotopic (exact) mass is 414 g/mol. The summed E-state index contributed by atoms with van der Waals surface area (Å²) in [4.78, 5) is 11.8. The zero-order chi connectivity index (χ0) is 21.9. The second-order valence-electron chi connectivity index (χ2n) is 8.29. The van der Waals surface area contributed by atoms with Crippen LogP contribution in [0.15, 0.2) is 42.5 Å². The van der Waals surface area contributed by atoms with E-state index in [9.17, 15) is 4.79 Å². The molecular formula is C25H38O3Si. The van der Waals surface area contributed by atoms with Gasteiger partial charge in [0, 0.05) is 18.1 Å². The minimum atomic E-state index is -2.06. The maximum atomic E-state index is 11.8. The maximum Gasteiger partial charge on any atom is 0.330 e. The van der Waals surface area contributed by atoms with Crippen LogP contribution in [-0.4, -0.2) is 27.0 Å². The molecule has 1 unspecified atom stereocenters. The molecule has 0 spiro atoms. The van der Waals surface area contributed by atoms with Gasteiger partial charge in [0.1, 0.15) is 0 Å². The van der Waals surface area contributed by atoms with E-state index in [4.69, 9.17) is 9.16 Å². The Morgan fingerprint density at radius 1 is 1.03 bits per heavy atom. The van der Waals surface area contributed by atoms with Gasteiger partial charge in [-0.2, -0.15) is 0 Å². The fraction of sp³-hybridized carbons (Fsp3) is 0.560. The van der Waals surface area contributed by atoms with Gasteiger partial charge < -0.3 is 9.16 Å². The summed E-state index contributed by atoms with van der Waals surface area (Å²) in [7, 11) is -2.06. The van der Waals surface area contributed by atoms with Crippen LogP contribution in [0, 0.1) is 11.8 Å². The Bertz CT molecular complexity index is 674. The van der Waals surface area contributed by atoms with Crippen LogP contribution in [0.4, 0.5) is 0 Å². The van der Waals surface area contributed by atoms with Gasteiger partial charge >= 0.3 is 5.97 Å². The average molecular weight is 415 g/mol. The minimum absolute atomic E-state index is 0.136. The van der Waals surface area contributed by atoms with Gasteiger partial charge in [0.05, 0.1) is 12.7 Å². The third kappa shape index (κ3) is 7.83. The van der Waals surface area contributed by atoms with Crippen LogP contribution in [0.2, 0.25) is 16.6 Å². The lowest BCUT2D eigenvalue weighted by Crippen LogP contribution is -2.50. The van der Waals surface area contributed by atoms with Crippen LogP contribution in [-0.2, 0) is 14.0 Å². The van der Waals surface area contributed by atoms with Crippen molar-refractivity contribution in [2.45, 2.75) is 84.0 Å². The molecule has 0 aliphatic heterocycles. The van der Waals surface area contributed by atoms with E-state index in [1.165, 1.54) is 6.08 Å². The lowest BCUT2D eigenvalue weighted by molar-refractivity contribution is -0.137. The number of hydrogen-bond donors (Lipinski definition) is 0. The number of ether oxygens (including phenoxy) is 1. The number of carbonyl (C=O) groups is 1. The topological polar surface area (TPSA) is 35.5 Å². The number of benzene rings is 1. The Kier molecular flexibility index (Phi) is 11.0. The smallest absolute Gasteiger partial charge is 0.330 e. The molecule has 0 N–H and O–H groups in total. The largest absolute Gasteiger partial charge is 0.463 e. The van der Waals surface area contributed by atoms with Crippen molar-refractivity contribution in [1.82, 2.24) is 0 Å². The predicted octanol–water partition coefficient (Wildman–Crippen LogP) is 6.50. The highest BCUT2D eigenvalue weighted by Gasteiger charge is 2.46. The molecule has 0 aromatic heterocycles. The summed E-state index contributed by atoms with van der Waals surface area (Å²) in [5, 5.41) is 0. The van der Waals surface area contributed by atoms with E-state index >= 15 is 0 Å². The van der Waals surface area contributed by atoms with Crippen LogP contribution in [0.25, 0.3) is 0 Å². The second-order valence-corrected chi connectivity index (χ2v) is 13.7. The van der Waals surface area contributed by atoms with E-state index in [-0.39, 0.29) is 12.1 Å². The Morgan fingerprint density at radius 2 is 1.62 bits per heavy atom. The molecule has 0 aliphatic rings. The number of hydrogen-bond acceptors (Lipinski definition) is 3. The van der Waals surface area contributed by atoms with Crippen LogP contribution in [0.3, 0.4) is 0 Å². The van der Waals surface area contributed by atoms with Crippen LogP contribution < -0.4 is 0 Å². The molecule has 0 aliphatic carbocycles. The molecule has 0 saturated heterocycles. The number of rotatable bonds is 10. The van der Waals surface area contributed by atoms with Crippen molar-refractivity contribution in [3.05, 3.63) is 48.0 Å². The third-order valence-electron chi connectivity index (χ3n) is 5.36. The Balaban J connectivity index is 3.00. The molecule has 0 fully saturated rings. The quantitative estimate of drug-likeness (QED) is 0.190. The molecule has 0 heterocycles. The molecule has 1 aromatic rings. The van der Waals surface area contributed by atoms with Crippen molar-refractivity contribution in [3.63, 3.8) is 0 Å². The van der Waals surface area contributed by atoms with E-state index < -0.39 is 8.32 Å². The van der Waals surface area contributed by atoms with Crippen molar-refractivity contribution in [1.29, 1.82) is 0 Å². The van der Waals surface area contributed by atoms with Crippen molar-refractivity contribution >= 4 is 14.3 Å². The van der Waals surface area contributed by atoms with E-state index in [1.807, 2.05) is 43.3 Å². The Hall–Kier alpha value is -1.83. The first kappa shape index (κ1) is 25.2. The van der Waals surface area contributed by atoms with Gasteiger partial charge in [-0.15, -0.1) is 0 Å². The highest BCUT2D eigenvalue weighted by Crippen LogP contribution is 2.43. The summed E-state index contributed by atoms with van der Waals surface area (Å²) in [6.45, 7) is 15.8. The molecule has 1 rings (SSSR count). The maximum absolute atomic E-state index is 11.8.